The standard InChI is InChI=1S/C13H10O3/c14-12-10-8-5-9(11(10)13(15)16-12)7-4-2-1-3-6(7)8/h1-4,8-11H,5H2/t8-,9+,10+,11-. The largest absolute Gasteiger partial charge is 0.393 e. The van der Waals surface area contributed by atoms with Crippen LogP contribution in [-0.4, -0.2) is 11.9 Å². The zero-order valence-electron chi connectivity index (χ0n) is 8.55. The van der Waals surface area contributed by atoms with Crippen LogP contribution in [0, 0.1) is 11.8 Å². The second-order valence-electron chi connectivity index (χ2n) is 4.87. The Balaban J connectivity index is 1.92. The van der Waals surface area contributed by atoms with Crippen LogP contribution in [0.2, 0.25) is 0 Å². The fraction of sp³-hybridized carbons (Fsp3) is 0.385. The van der Waals surface area contributed by atoms with E-state index in [1.54, 1.807) is 0 Å². The molecule has 3 heteroatoms. The first-order valence-corrected chi connectivity index (χ1v) is 5.62. The monoisotopic (exact) mass is 214 g/mol. The summed E-state index contributed by atoms with van der Waals surface area (Å²) in [6.07, 6.45) is 0.940. The minimum atomic E-state index is -0.308. The quantitative estimate of drug-likeness (QED) is 0.486. The van der Waals surface area contributed by atoms with Crippen LogP contribution in [0.1, 0.15) is 29.4 Å². The van der Waals surface area contributed by atoms with Gasteiger partial charge in [0.15, 0.2) is 0 Å². The van der Waals surface area contributed by atoms with Gasteiger partial charge in [-0.15, -0.1) is 0 Å². The molecular weight excluding hydrogens is 204 g/mol. The van der Waals surface area contributed by atoms with E-state index >= 15 is 0 Å². The van der Waals surface area contributed by atoms with Crippen LogP contribution in [0.5, 0.6) is 0 Å². The van der Waals surface area contributed by atoms with Crippen LogP contribution >= 0.6 is 0 Å². The van der Waals surface area contributed by atoms with Crippen molar-refractivity contribution in [2.75, 3.05) is 0 Å². The molecule has 4 rings (SSSR count). The Labute approximate surface area is 92.4 Å². The Morgan fingerprint density at radius 3 is 1.94 bits per heavy atom. The van der Waals surface area contributed by atoms with E-state index in [0.717, 1.165) is 6.42 Å². The van der Waals surface area contributed by atoms with Gasteiger partial charge in [0.1, 0.15) is 0 Å². The third-order valence-corrected chi connectivity index (χ3v) is 4.30. The van der Waals surface area contributed by atoms with Crippen molar-refractivity contribution in [3.05, 3.63) is 35.4 Å². The van der Waals surface area contributed by atoms with Crippen LogP contribution in [0.3, 0.4) is 0 Å². The average Bonchev–Trinajstić information content (AvgIpc) is 2.91. The van der Waals surface area contributed by atoms with Gasteiger partial charge in [-0.05, 0) is 29.4 Å². The predicted octanol–water partition coefficient (Wildman–Crippen LogP) is 1.59. The lowest BCUT2D eigenvalue weighted by Gasteiger charge is -2.21. The number of esters is 2. The number of carbonyl (C=O) groups is 2. The minimum Gasteiger partial charge on any atom is -0.393 e. The summed E-state index contributed by atoms with van der Waals surface area (Å²) in [5.41, 5.74) is 2.50. The van der Waals surface area contributed by atoms with Gasteiger partial charge in [0, 0.05) is 0 Å². The molecule has 4 atom stereocenters. The van der Waals surface area contributed by atoms with Crippen molar-refractivity contribution in [1.29, 1.82) is 0 Å². The number of hydrogen-bond donors (Lipinski definition) is 0. The number of cyclic esters (lactones) is 2. The van der Waals surface area contributed by atoms with Gasteiger partial charge in [0.05, 0.1) is 11.8 Å². The molecular formula is C13H10O3. The van der Waals surface area contributed by atoms with E-state index in [1.807, 2.05) is 12.1 Å². The molecule has 0 radical (unpaired) electrons. The molecule has 2 aliphatic carbocycles. The molecule has 3 nitrogen and oxygen atoms in total. The number of rotatable bonds is 0. The fourth-order valence-electron chi connectivity index (χ4n) is 3.75. The van der Waals surface area contributed by atoms with Crippen LogP contribution in [-0.2, 0) is 14.3 Å². The van der Waals surface area contributed by atoms with Gasteiger partial charge in [0.2, 0.25) is 0 Å². The third kappa shape index (κ3) is 0.775. The van der Waals surface area contributed by atoms with E-state index in [4.69, 9.17) is 4.74 Å². The molecule has 3 aliphatic rings. The Morgan fingerprint density at radius 2 is 1.44 bits per heavy atom. The van der Waals surface area contributed by atoms with Gasteiger partial charge >= 0.3 is 11.9 Å². The first-order valence-electron chi connectivity index (χ1n) is 5.62. The highest BCUT2D eigenvalue weighted by Crippen LogP contribution is 2.61. The first kappa shape index (κ1) is 8.50. The highest BCUT2D eigenvalue weighted by molar-refractivity contribution is 5.99. The predicted molar refractivity (Wildman–Crippen MR) is 54.6 cm³/mol. The smallest absolute Gasteiger partial charge is 0.318 e. The maximum Gasteiger partial charge on any atom is 0.318 e. The Morgan fingerprint density at radius 1 is 0.938 bits per heavy atom. The number of carbonyl (C=O) groups excluding carboxylic acids is 2. The van der Waals surface area contributed by atoms with E-state index in [0.29, 0.717) is 0 Å². The van der Waals surface area contributed by atoms with E-state index in [1.165, 1.54) is 11.1 Å². The van der Waals surface area contributed by atoms with Gasteiger partial charge in [-0.25, -0.2) is 0 Å². The van der Waals surface area contributed by atoms with E-state index in [2.05, 4.69) is 12.1 Å². The molecule has 2 bridgehead atoms. The number of hydrogen-bond acceptors (Lipinski definition) is 3. The summed E-state index contributed by atoms with van der Waals surface area (Å²) in [5, 5.41) is 0. The molecule has 2 fully saturated rings. The molecule has 16 heavy (non-hydrogen) atoms. The Bertz CT molecular complexity index is 475. The summed E-state index contributed by atoms with van der Waals surface area (Å²) in [6, 6.07) is 8.14. The second-order valence-corrected chi connectivity index (χ2v) is 4.87. The molecule has 80 valence electrons. The highest BCUT2D eigenvalue weighted by atomic mass is 16.6. The SMILES string of the molecule is O=C1OC(=O)[C@H]2[C@@H]1[C@@H]1C[C@H]2c2ccccc21. The Kier molecular flexibility index (Phi) is 1.35. The first-order chi connectivity index (χ1) is 7.77. The van der Waals surface area contributed by atoms with Crippen molar-refractivity contribution in [3.63, 3.8) is 0 Å². The highest BCUT2D eigenvalue weighted by Gasteiger charge is 2.61. The topological polar surface area (TPSA) is 43.4 Å². The summed E-state index contributed by atoms with van der Waals surface area (Å²) in [4.78, 5) is 23.2. The van der Waals surface area contributed by atoms with E-state index in [9.17, 15) is 9.59 Å². The summed E-state index contributed by atoms with van der Waals surface area (Å²) in [5.74, 6) is -0.593. The van der Waals surface area contributed by atoms with Gasteiger partial charge in [-0.3, -0.25) is 9.59 Å². The molecule has 0 amide bonds. The molecule has 0 unspecified atom stereocenters. The zero-order chi connectivity index (χ0) is 10.9. The average molecular weight is 214 g/mol. The van der Waals surface area contributed by atoms with Gasteiger partial charge in [0.25, 0.3) is 0 Å². The molecule has 1 saturated heterocycles. The van der Waals surface area contributed by atoms with Crippen molar-refractivity contribution in [3.8, 4) is 0 Å². The van der Waals surface area contributed by atoms with Gasteiger partial charge in [-0.1, -0.05) is 24.3 Å². The maximum atomic E-state index is 11.6. The van der Waals surface area contributed by atoms with Crippen LogP contribution in [0.15, 0.2) is 24.3 Å². The normalized spacial score (nSPS) is 38.5. The van der Waals surface area contributed by atoms with Crippen LogP contribution in [0.4, 0.5) is 0 Å². The van der Waals surface area contributed by atoms with Gasteiger partial charge in [-0.2, -0.15) is 0 Å². The lowest BCUT2D eigenvalue weighted by Crippen LogP contribution is -2.23. The number of benzene rings is 1. The Hall–Kier alpha value is -1.64. The lowest BCUT2D eigenvalue weighted by molar-refractivity contribution is -0.154. The third-order valence-electron chi connectivity index (χ3n) is 4.30. The molecule has 1 aromatic carbocycles. The van der Waals surface area contributed by atoms with E-state index < -0.39 is 0 Å². The molecule has 0 aromatic heterocycles. The summed E-state index contributed by atoms with van der Waals surface area (Å²) in [6.45, 7) is 0. The molecule has 1 saturated carbocycles. The molecule has 1 aromatic rings. The minimum absolute atomic E-state index is 0.201. The van der Waals surface area contributed by atoms with Crippen molar-refractivity contribution >= 4 is 11.9 Å². The molecule has 0 N–H and O–H groups in total. The molecule has 1 heterocycles. The zero-order valence-corrected chi connectivity index (χ0v) is 8.55. The molecule has 0 spiro atoms. The van der Waals surface area contributed by atoms with Crippen molar-refractivity contribution in [2.45, 2.75) is 18.3 Å². The number of ether oxygens (including phenoxy) is 1. The lowest BCUT2D eigenvalue weighted by atomic mass is 9.77. The summed E-state index contributed by atoms with van der Waals surface area (Å²) < 4.78 is 4.76. The van der Waals surface area contributed by atoms with Crippen molar-refractivity contribution in [1.82, 2.24) is 0 Å². The maximum absolute atomic E-state index is 11.6. The van der Waals surface area contributed by atoms with Crippen molar-refractivity contribution in [2.24, 2.45) is 11.8 Å². The van der Waals surface area contributed by atoms with Crippen molar-refractivity contribution < 1.29 is 14.3 Å². The van der Waals surface area contributed by atoms with Crippen LogP contribution < -0.4 is 0 Å². The summed E-state index contributed by atoms with van der Waals surface area (Å²) >= 11 is 0. The summed E-state index contributed by atoms with van der Waals surface area (Å²) in [7, 11) is 0. The number of fused-ring (bicyclic) bond motifs is 8. The fourth-order valence-corrected chi connectivity index (χ4v) is 3.75. The molecule has 1 aliphatic heterocycles. The van der Waals surface area contributed by atoms with E-state index in [-0.39, 0.29) is 35.6 Å². The van der Waals surface area contributed by atoms with Gasteiger partial charge < -0.3 is 4.74 Å². The van der Waals surface area contributed by atoms with Crippen LogP contribution in [0.25, 0.3) is 0 Å². The second kappa shape index (κ2) is 2.54.